The Labute approximate surface area is 212 Å². The first-order chi connectivity index (χ1) is 17.0. The summed E-state index contributed by atoms with van der Waals surface area (Å²) in [6, 6.07) is 0. The summed E-state index contributed by atoms with van der Waals surface area (Å²) in [5.41, 5.74) is 5.28. The fourth-order valence-corrected chi connectivity index (χ4v) is 2.70. The minimum atomic E-state index is -0.241. The van der Waals surface area contributed by atoms with Crippen molar-refractivity contribution in [1.82, 2.24) is 15.5 Å². The number of allylic oxidation sites excluding steroid dienone is 12. The molecule has 35 heavy (non-hydrogen) atoms. The Kier molecular flexibility index (Phi) is 21.5. The van der Waals surface area contributed by atoms with Gasteiger partial charge in [-0.1, -0.05) is 79.8 Å². The number of nitrogens with two attached hydrogens (primary N) is 1. The van der Waals surface area contributed by atoms with Crippen LogP contribution in [0.1, 0.15) is 58.3 Å². The van der Waals surface area contributed by atoms with Crippen molar-refractivity contribution in [1.29, 1.82) is 5.41 Å². The Morgan fingerprint density at radius 1 is 0.714 bits per heavy atom. The first kappa shape index (κ1) is 31.6. The number of hydrogen-bond acceptors (Lipinski definition) is 3. The van der Waals surface area contributed by atoms with E-state index in [1.165, 1.54) is 4.90 Å². The molecule has 0 aromatic carbocycles. The summed E-state index contributed by atoms with van der Waals surface area (Å²) >= 11 is 0. The molecule has 2 amide bonds. The van der Waals surface area contributed by atoms with Gasteiger partial charge in [0, 0.05) is 26.6 Å². The molecule has 0 heterocycles. The van der Waals surface area contributed by atoms with Crippen molar-refractivity contribution < 1.29 is 9.59 Å². The molecule has 0 aliphatic carbocycles. The summed E-state index contributed by atoms with van der Waals surface area (Å²) in [5, 5.41) is 12.7. The van der Waals surface area contributed by atoms with Gasteiger partial charge in [-0.3, -0.25) is 15.0 Å². The van der Waals surface area contributed by atoms with Crippen LogP contribution in [-0.2, 0) is 9.59 Å². The molecule has 0 aliphatic rings. The largest absolute Gasteiger partial charge is 0.370 e. The minimum absolute atomic E-state index is 0.0198. The molecule has 0 atom stereocenters. The predicted octanol–water partition coefficient (Wildman–Crippen LogP) is 4.52. The molecule has 0 fully saturated rings. The van der Waals surface area contributed by atoms with Crippen molar-refractivity contribution in [3.05, 3.63) is 72.9 Å². The lowest BCUT2D eigenvalue weighted by Crippen LogP contribution is -2.43. The van der Waals surface area contributed by atoms with Crippen molar-refractivity contribution in [2.75, 3.05) is 26.7 Å². The second-order valence-electron chi connectivity index (χ2n) is 7.90. The molecule has 0 unspecified atom stereocenters. The summed E-state index contributed by atoms with van der Waals surface area (Å²) < 4.78 is 0. The number of likely N-dealkylation sites (N-methyl/N-ethyl adjacent to an activating group) is 1. The molecule has 0 spiro atoms. The van der Waals surface area contributed by atoms with E-state index < -0.39 is 0 Å². The smallest absolute Gasteiger partial charge is 0.239 e. The average molecular weight is 484 g/mol. The quantitative estimate of drug-likeness (QED) is 0.0936. The number of hydrogen-bond donors (Lipinski definition) is 4. The van der Waals surface area contributed by atoms with Gasteiger partial charge in [0.15, 0.2) is 5.96 Å². The molecule has 0 radical (unpaired) electrons. The van der Waals surface area contributed by atoms with E-state index in [1.807, 2.05) is 6.08 Å². The van der Waals surface area contributed by atoms with Crippen molar-refractivity contribution >= 4 is 17.8 Å². The van der Waals surface area contributed by atoms with E-state index in [0.29, 0.717) is 25.9 Å². The normalized spacial score (nSPS) is 12.2. The van der Waals surface area contributed by atoms with E-state index in [-0.39, 0.29) is 24.3 Å². The third kappa shape index (κ3) is 23.6. The van der Waals surface area contributed by atoms with E-state index in [9.17, 15) is 9.59 Å². The molecule has 7 heteroatoms. The van der Waals surface area contributed by atoms with E-state index in [1.54, 1.807) is 7.05 Å². The topological polar surface area (TPSA) is 111 Å². The lowest BCUT2D eigenvalue weighted by molar-refractivity contribution is -0.123. The zero-order chi connectivity index (χ0) is 26.0. The standard InChI is InChI=1S/C28H45N5O2/c1-3-4-5-6-7-8-9-10-11-12-13-14-15-16-17-18-19-20-21-22-26(34)31-23-24-32-27(35)25-33(2)28(29)30/h4-5,7-8,10-11,13-14,16-17,19-20H,3,6,9,12,15,18,21-25H2,1-2H3,(H3,29,30)(H,31,34)(H,32,35). The molecule has 0 saturated heterocycles. The highest BCUT2D eigenvalue weighted by molar-refractivity contribution is 5.84. The van der Waals surface area contributed by atoms with Crippen LogP contribution in [0, 0.1) is 5.41 Å². The van der Waals surface area contributed by atoms with Gasteiger partial charge >= 0.3 is 0 Å². The van der Waals surface area contributed by atoms with Gasteiger partial charge in [0.1, 0.15) is 0 Å². The summed E-state index contributed by atoms with van der Waals surface area (Å²) in [6.07, 6.45) is 32.8. The van der Waals surface area contributed by atoms with Crippen LogP contribution in [0.3, 0.4) is 0 Å². The lowest BCUT2D eigenvalue weighted by Gasteiger charge is -2.15. The van der Waals surface area contributed by atoms with Crippen molar-refractivity contribution in [2.45, 2.75) is 58.3 Å². The number of amides is 2. The Hall–Kier alpha value is -3.35. The van der Waals surface area contributed by atoms with Crippen LogP contribution in [0.5, 0.6) is 0 Å². The minimum Gasteiger partial charge on any atom is -0.370 e. The maximum Gasteiger partial charge on any atom is 0.239 e. The molecule has 0 saturated carbocycles. The summed E-state index contributed by atoms with van der Waals surface area (Å²) in [5.74, 6) is -0.447. The van der Waals surface area contributed by atoms with Gasteiger partial charge in [0.25, 0.3) is 0 Å². The van der Waals surface area contributed by atoms with E-state index in [0.717, 1.165) is 38.5 Å². The fraction of sp³-hybridized carbons (Fsp3) is 0.464. The summed E-state index contributed by atoms with van der Waals surface area (Å²) in [4.78, 5) is 24.7. The molecule has 0 aromatic heterocycles. The van der Waals surface area contributed by atoms with Crippen molar-refractivity contribution in [3.63, 3.8) is 0 Å². The zero-order valence-corrected chi connectivity index (χ0v) is 21.5. The monoisotopic (exact) mass is 483 g/mol. The third-order valence-corrected chi connectivity index (χ3v) is 4.70. The Balaban J connectivity index is 3.65. The van der Waals surface area contributed by atoms with Gasteiger partial charge in [-0.25, -0.2) is 0 Å². The Morgan fingerprint density at radius 3 is 1.54 bits per heavy atom. The predicted molar refractivity (Wildman–Crippen MR) is 148 cm³/mol. The van der Waals surface area contributed by atoms with Gasteiger partial charge < -0.3 is 21.3 Å². The van der Waals surface area contributed by atoms with Crippen LogP contribution in [0.4, 0.5) is 0 Å². The van der Waals surface area contributed by atoms with Crippen LogP contribution >= 0.6 is 0 Å². The molecular weight excluding hydrogens is 438 g/mol. The van der Waals surface area contributed by atoms with Gasteiger partial charge in [0.2, 0.25) is 11.8 Å². The third-order valence-electron chi connectivity index (χ3n) is 4.70. The fourth-order valence-electron chi connectivity index (χ4n) is 2.70. The van der Waals surface area contributed by atoms with E-state index >= 15 is 0 Å². The van der Waals surface area contributed by atoms with Crippen LogP contribution < -0.4 is 16.4 Å². The van der Waals surface area contributed by atoms with Crippen LogP contribution in [-0.4, -0.2) is 49.4 Å². The second kappa shape index (κ2) is 23.8. The molecule has 5 N–H and O–H groups in total. The molecule has 0 bridgehead atoms. The zero-order valence-electron chi connectivity index (χ0n) is 21.5. The molecule has 194 valence electrons. The molecule has 0 rings (SSSR count). The highest BCUT2D eigenvalue weighted by Gasteiger charge is 2.06. The maximum atomic E-state index is 11.8. The van der Waals surface area contributed by atoms with Crippen molar-refractivity contribution in [2.24, 2.45) is 5.73 Å². The SMILES string of the molecule is CCC=CCC=CCC=CCC=CCC=CCC=CCCC(=O)NCCNC(=O)CN(C)C(=N)N. The maximum absolute atomic E-state index is 11.8. The van der Waals surface area contributed by atoms with E-state index in [4.69, 9.17) is 11.1 Å². The first-order valence-corrected chi connectivity index (χ1v) is 12.5. The number of rotatable bonds is 19. The van der Waals surface area contributed by atoms with Crippen molar-refractivity contribution in [3.8, 4) is 0 Å². The van der Waals surface area contributed by atoms with Gasteiger partial charge in [-0.2, -0.15) is 0 Å². The second-order valence-corrected chi connectivity index (χ2v) is 7.90. The van der Waals surface area contributed by atoms with Gasteiger partial charge in [-0.15, -0.1) is 0 Å². The van der Waals surface area contributed by atoms with E-state index in [2.05, 4.69) is 84.4 Å². The Bertz CT molecular complexity index is 763. The highest BCUT2D eigenvalue weighted by Crippen LogP contribution is 1.97. The first-order valence-electron chi connectivity index (χ1n) is 12.5. The van der Waals surface area contributed by atoms with Gasteiger partial charge in [0.05, 0.1) is 6.54 Å². The molecular formula is C28H45N5O2. The number of nitrogens with zero attached hydrogens (tertiary/aromatic N) is 1. The van der Waals surface area contributed by atoms with Crippen LogP contribution in [0.25, 0.3) is 0 Å². The number of nitrogens with one attached hydrogen (secondary N) is 3. The number of carbonyl (C=O) groups excluding carboxylic acids is 2. The van der Waals surface area contributed by atoms with Crippen LogP contribution in [0.2, 0.25) is 0 Å². The van der Waals surface area contributed by atoms with Crippen LogP contribution in [0.15, 0.2) is 72.9 Å². The molecule has 0 aliphatic heterocycles. The molecule has 7 nitrogen and oxygen atoms in total. The summed E-state index contributed by atoms with van der Waals surface area (Å²) in [6.45, 7) is 2.88. The number of guanidine groups is 1. The Morgan fingerprint density at radius 2 is 1.11 bits per heavy atom. The lowest BCUT2D eigenvalue weighted by atomic mass is 10.2. The number of carbonyl (C=O) groups is 2. The van der Waals surface area contributed by atoms with Gasteiger partial charge in [-0.05, 0) is 44.9 Å². The molecule has 0 aromatic rings. The summed E-state index contributed by atoms with van der Waals surface area (Å²) in [7, 11) is 1.57. The average Bonchev–Trinajstić information content (AvgIpc) is 2.83. The highest BCUT2D eigenvalue weighted by atomic mass is 16.2.